The molecule has 0 atom stereocenters. The molecule has 0 aromatic heterocycles. The summed E-state index contributed by atoms with van der Waals surface area (Å²) in [5, 5.41) is 10.5. The van der Waals surface area contributed by atoms with Gasteiger partial charge in [0.25, 0.3) is 0 Å². The maximum absolute atomic E-state index is 12.5. The van der Waals surface area contributed by atoms with Crippen LogP contribution in [0.15, 0.2) is 42.0 Å². The summed E-state index contributed by atoms with van der Waals surface area (Å²) in [4.78, 5) is 12.5. The molecule has 0 amide bonds. The number of fused-ring (bicyclic) bond motifs is 1. The zero-order valence-electron chi connectivity index (χ0n) is 11.1. The number of allylic oxidation sites excluding steroid dienone is 1. The Morgan fingerprint density at radius 2 is 1.81 bits per heavy atom. The normalized spacial score (nSPS) is 16.1. The highest BCUT2D eigenvalue weighted by Crippen LogP contribution is 2.30. The first-order valence-corrected chi connectivity index (χ1v) is 7.32. The Morgan fingerprint density at radius 3 is 2.57 bits per heavy atom. The highest BCUT2D eigenvalue weighted by Gasteiger charge is 2.22. The number of benzene rings is 2. The smallest absolute Gasteiger partial charge is 0.189 e. The molecule has 0 saturated carbocycles. The number of Topliss-reactive ketones (excluding diaryl/α,β-unsaturated/α-hetero) is 1. The van der Waals surface area contributed by atoms with Gasteiger partial charge in [-0.1, -0.05) is 35.3 Å². The van der Waals surface area contributed by atoms with Crippen molar-refractivity contribution in [2.75, 3.05) is 0 Å². The molecule has 0 heterocycles. The number of aromatic hydroxyl groups is 1. The monoisotopic (exact) mass is 318 g/mol. The maximum atomic E-state index is 12.5. The lowest BCUT2D eigenvalue weighted by Crippen LogP contribution is -2.13. The summed E-state index contributed by atoms with van der Waals surface area (Å²) < 4.78 is 0. The summed E-state index contributed by atoms with van der Waals surface area (Å²) in [6, 6.07) is 10.2. The Hall–Kier alpha value is -1.77. The van der Waals surface area contributed by atoms with E-state index in [1.54, 1.807) is 24.3 Å². The van der Waals surface area contributed by atoms with Gasteiger partial charge in [0.2, 0.25) is 0 Å². The lowest BCUT2D eigenvalue weighted by atomic mass is 9.86. The molecule has 1 N–H and O–H groups in total. The van der Waals surface area contributed by atoms with Gasteiger partial charge in [-0.15, -0.1) is 0 Å². The fraction of sp³-hybridized carbons (Fsp3) is 0.118. The first-order valence-electron chi connectivity index (χ1n) is 6.57. The molecule has 2 aromatic rings. The average molecular weight is 319 g/mol. The Labute approximate surface area is 132 Å². The molecule has 0 radical (unpaired) electrons. The van der Waals surface area contributed by atoms with E-state index in [2.05, 4.69) is 0 Å². The highest BCUT2D eigenvalue weighted by molar-refractivity contribution is 6.42. The van der Waals surface area contributed by atoms with Crippen LogP contribution in [0, 0.1) is 0 Å². The Morgan fingerprint density at radius 1 is 1.00 bits per heavy atom. The number of phenols is 1. The zero-order valence-corrected chi connectivity index (χ0v) is 12.6. The molecule has 106 valence electrons. The number of phenolic OH excluding ortho intramolecular Hbond substituents is 1. The van der Waals surface area contributed by atoms with Gasteiger partial charge in [-0.05, 0) is 54.3 Å². The van der Waals surface area contributed by atoms with Crippen molar-refractivity contribution in [3.8, 4) is 5.75 Å². The Kier molecular flexibility index (Phi) is 3.75. The highest BCUT2D eigenvalue weighted by atomic mass is 35.5. The van der Waals surface area contributed by atoms with Gasteiger partial charge in [-0.2, -0.15) is 0 Å². The van der Waals surface area contributed by atoms with Crippen LogP contribution in [0.2, 0.25) is 10.0 Å². The van der Waals surface area contributed by atoms with Crippen molar-refractivity contribution in [2.45, 2.75) is 12.8 Å². The van der Waals surface area contributed by atoms with Crippen LogP contribution in [0.3, 0.4) is 0 Å². The maximum Gasteiger partial charge on any atom is 0.189 e. The van der Waals surface area contributed by atoms with E-state index in [1.165, 1.54) is 6.07 Å². The molecular weight excluding hydrogens is 307 g/mol. The molecule has 0 bridgehead atoms. The molecule has 2 nitrogen and oxygen atoms in total. The third kappa shape index (κ3) is 2.82. The second-order valence-electron chi connectivity index (χ2n) is 5.01. The van der Waals surface area contributed by atoms with Crippen LogP contribution in [-0.2, 0) is 6.42 Å². The van der Waals surface area contributed by atoms with Crippen LogP contribution in [0.1, 0.15) is 27.9 Å². The van der Waals surface area contributed by atoms with Gasteiger partial charge >= 0.3 is 0 Å². The number of carbonyl (C=O) groups excluding carboxylic acids is 1. The summed E-state index contributed by atoms with van der Waals surface area (Å²) in [5.41, 5.74) is 3.11. The van der Waals surface area contributed by atoms with Crippen molar-refractivity contribution in [3.05, 3.63) is 68.7 Å². The van der Waals surface area contributed by atoms with Gasteiger partial charge in [-0.3, -0.25) is 4.79 Å². The summed E-state index contributed by atoms with van der Waals surface area (Å²) in [6.45, 7) is 0. The van der Waals surface area contributed by atoms with E-state index >= 15 is 0 Å². The fourth-order valence-corrected chi connectivity index (χ4v) is 2.80. The molecule has 1 aliphatic carbocycles. The minimum Gasteiger partial charge on any atom is -0.508 e. The number of hydrogen-bond donors (Lipinski definition) is 1. The quantitative estimate of drug-likeness (QED) is 0.758. The molecule has 3 rings (SSSR count). The van der Waals surface area contributed by atoms with E-state index < -0.39 is 0 Å². The molecule has 0 spiro atoms. The van der Waals surface area contributed by atoms with E-state index in [0.29, 0.717) is 27.6 Å². The second-order valence-corrected chi connectivity index (χ2v) is 5.83. The van der Waals surface area contributed by atoms with Crippen LogP contribution in [0.25, 0.3) is 6.08 Å². The molecule has 21 heavy (non-hydrogen) atoms. The molecular formula is C17H12Cl2O2. The van der Waals surface area contributed by atoms with Crippen LogP contribution >= 0.6 is 23.2 Å². The number of ketones is 1. The van der Waals surface area contributed by atoms with Crippen LogP contribution in [0.5, 0.6) is 5.75 Å². The Bertz CT molecular complexity index is 763. The zero-order chi connectivity index (χ0) is 15.0. The molecule has 0 aliphatic heterocycles. The van der Waals surface area contributed by atoms with Crippen LogP contribution in [-0.4, -0.2) is 10.9 Å². The van der Waals surface area contributed by atoms with Crippen LogP contribution < -0.4 is 0 Å². The predicted octanol–water partition coefficient (Wildman–Crippen LogP) is 4.91. The lowest BCUT2D eigenvalue weighted by molar-refractivity contribution is 0.102. The van der Waals surface area contributed by atoms with E-state index in [1.807, 2.05) is 12.1 Å². The number of halogens is 2. The third-order valence-corrected chi connectivity index (χ3v) is 4.32. The summed E-state index contributed by atoms with van der Waals surface area (Å²) in [7, 11) is 0. The van der Waals surface area contributed by atoms with Gasteiger partial charge in [0.05, 0.1) is 10.0 Å². The predicted molar refractivity (Wildman–Crippen MR) is 85.2 cm³/mol. The largest absolute Gasteiger partial charge is 0.508 e. The number of carbonyl (C=O) groups is 1. The van der Waals surface area contributed by atoms with Crippen LogP contribution in [0.4, 0.5) is 0 Å². The van der Waals surface area contributed by atoms with Gasteiger partial charge in [0, 0.05) is 11.1 Å². The number of aryl methyl sites for hydroxylation is 1. The second kappa shape index (κ2) is 5.55. The Balaban J connectivity index is 1.99. The third-order valence-electron chi connectivity index (χ3n) is 3.58. The molecule has 2 aromatic carbocycles. The SMILES string of the molecule is O=C1/C(=C/c2ccc(Cl)c(Cl)c2)CCc2ccc(O)cc21. The van der Waals surface area contributed by atoms with Gasteiger partial charge in [-0.25, -0.2) is 0 Å². The van der Waals surface area contributed by atoms with E-state index in [4.69, 9.17) is 23.2 Å². The van der Waals surface area contributed by atoms with E-state index in [9.17, 15) is 9.90 Å². The minimum absolute atomic E-state index is 0.0433. The van der Waals surface area contributed by atoms with Crippen molar-refractivity contribution in [1.82, 2.24) is 0 Å². The summed E-state index contributed by atoms with van der Waals surface area (Å²) in [5.74, 6) is 0.0658. The average Bonchev–Trinajstić information content (AvgIpc) is 2.46. The van der Waals surface area contributed by atoms with E-state index in [-0.39, 0.29) is 11.5 Å². The van der Waals surface area contributed by atoms with Crippen molar-refractivity contribution in [2.24, 2.45) is 0 Å². The standard InChI is InChI=1S/C17H12Cl2O2/c18-15-6-1-10(8-16(15)19)7-12-3-2-11-4-5-13(20)9-14(11)17(12)21/h1,4-9,20H,2-3H2/b12-7+. The summed E-state index contributed by atoms with van der Waals surface area (Å²) in [6.07, 6.45) is 3.29. The van der Waals surface area contributed by atoms with Crippen molar-refractivity contribution in [1.29, 1.82) is 0 Å². The first kappa shape index (κ1) is 14.2. The lowest BCUT2D eigenvalue weighted by Gasteiger charge is -2.17. The molecule has 1 aliphatic rings. The van der Waals surface area contributed by atoms with Crippen molar-refractivity contribution in [3.63, 3.8) is 0 Å². The fourth-order valence-electron chi connectivity index (χ4n) is 2.49. The topological polar surface area (TPSA) is 37.3 Å². The molecule has 0 unspecified atom stereocenters. The van der Waals surface area contributed by atoms with E-state index in [0.717, 1.165) is 17.5 Å². The first-order chi connectivity index (χ1) is 10.0. The van der Waals surface area contributed by atoms with Gasteiger partial charge in [0.1, 0.15) is 5.75 Å². The van der Waals surface area contributed by atoms with Gasteiger partial charge < -0.3 is 5.11 Å². The minimum atomic E-state index is -0.0433. The number of hydrogen-bond acceptors (Lipinski definition) is 2. The molecule has 0 fully saturated rings. The molecule has 0 saturated heterocycles. The molecule has 4 heteroatoms. The van der Waals surface area contributed by atoms with Gasteiger partial charge in [0.15, 0.2) is 5.78 Å². The number of rotatable bonds is 1. The van der Waals surface area contributed by atoms with Crippen molar-refractivity contribution >= 4 is 35.1 Å². The summed E-state index contributed by atoms with van der Waals surface area (Å²) >= 11 is 11.9. The van der Waals surface area contributed by atoms with Crippen molar-refractivity contribution < 1.29 is 9.90 Å².